The average Bonchev–Trinajstić information content (AvgIpc) is 2.43. The van der Waals surface area contributed by atoms with Gasteiger partial charge in [-0.3, -0.25) is 4.79 Å². The van der Waals surface area contributed by atoms with E-state index in [4.69, 9.17) is 14.2 Å². The molecule has 0 aromatic heterocycles. The molecule has 0 bridgehead atoms. The van der Waals surface area contributed by atoms with Crippen molar-refractivity contribution in [3.05, 3.63) is 29.6 Å². The van der Waals surface area contributed by atoms with E-state index in [9.17, 15) is 9.18 Å². The second-order valence-electron chi connectivity index (χ2n) is 4.84. The van der Waals surface area contributed by atoms with Crippen LogP contribution in [0, 0.1) is 5.82 Å². The second-order valence-corrected chi connectivity index (χ2v) is 4.84. The summed E-state index contributed by atoms with van der Waals surface area (Å²) in [6.07, 6.45) is 0.000685. The summed E-state index contributed by atoms with van der Waals surface area (Å²) < 4.78 is 29.1. The third kappa shape index (κ3) is 4.15. The van der Waals surface area contributed by atoms with E-state index < -0.39 is 5.82 Å². The van der Waals surface area contributed by atoms with Gasteiger partial charge in [0.2, 0.25) is 5.91 Å². The summed E-state index contributed by atoms with van der Waals surface area (Å²) in [6, 6.07) is 4.74. The van der Waals surface area contributed by atoms with E-state index in [0.717, 1.165) is 5.56 Å². The van der Waals surface area contributed by atoms with Crippen LogP contribution in [0.2, 0.25) is 0 Å². The summed E-state index contributed by atoms with van der Waals surface area (Å²) in [7, 11) is 1.43. The molecular formula is C15H20FNO4. The van der Waals surface area contributed by atoms with Crippen molar-refractivity contribution < 1.29 is 23.4 Å². The van der Waals surface area contributed by atoms with Crippen LogP contribution >= 0.6 is 0 Å². The number of ether oxygens (including phenoxy) is 3. The molecule has 1 fully saturated rings. The molecule has 1 heterocycles. The fourth-order valence-electron chi connectivity index (χ4n) is 2.04. The molecular weight excluding hydrogens is 277 g/mol. The maximum absolute atomic E-state index is 13.5. The van der Waals surface area contributed by atoms with Crippen LogP contribution in [-0.4, -0.2) is 50.3 Å². The Labute approximate surface area is 123 Å². The Kier molecular flexibility index (Phi) is 5.52. The fourth-order valence-corrected chi connectivity index (χ4v) is 2.04. The Bertz CT molecular complexity index is 489. The lowest BCUT2D eigenvalue weighted by Gasteiger charge is -2.38. The van der Waals surface area contributed by atoms with Gasteiger partial charge in [-0.15, -0.1) is 0 Å². The van der Waals surface area contributed by atoms with Crippen molar-refractivity contribution in [1.29, 1.82) is 0 Å². The van der Waals surface area contributed by atoms with Crippen molar-refractivity contribution in [1.82, 2.24) is 4.90 Å². The highest BCUT2D eigenvalue weighted by Crippen LogP contribution is 2.19. The lowest BCUT2D eigenvalue weighted by Crippen LogP contribution is -2.55. The molecule has 1 saturated heterocycles. The Morgan fingerprint density at radius 2 is 2.19 bits per heavy atom. The van der Waals surface area contributed by atoms with Gasteiger partial charge in [-0.1, -0.05) is 6.07 Å². The van der Waals surface area contributed by atoms with E-state index in [-0.39, 0.29) is 24.4 Å². The molecule has 0 spiro atoms. The summed E-state index contributed by atoms with van der Waals surface area (Å²) in [5, 5.41) is 0. The maximum atomic E-state index is 13.5. The van der Waals surface area contributed by atoms with Gasteiger partial charge in [0.05, 0.1) is 19.8 Å². The Morgan fingerprint density at radius 3 is 2.81 bits per heavy atom. The van der Waals surface area contributed by atoms with Gasteiger partial charge in [0.1, 0.15) is 6.61 Å². The van der Waals surface area contributed by atoms with Crippen LogP contribution in [0.15, 0.2) is 18.2 Å². The molecule has 1 aromatic carbocycles. The monoisotopic (exact) mass is 297 g/mol. The van der Waals surface area contributed by atoms with E-state index in [0.29, 0.717) is 26.3 Å². The first-order valence-electron chi connectivity index (χ1n) is 6.93. The largest absolute Gasteiger partial charge is 0.494 e. The van der Waals surface area contributed by atoms with E-state index in [1.54, 1.807) is 17.0 Å². The standard InChI is InChI=1S/C15H20FNO4/c1-3-20-10-15(18)17-7-12(8-17)21-9-11-4-5-14(19-2)13(16)6-11/h4-6,12H,3,7-10H2,1-2H3. The molecule has 6 heteroatoms. The van der Waals surface area contributed by atoms with Crippen molar-refractivity contribution in [2.45, 2.75) is 19.6 Å². The van der Waals surface area contributed by atoms with Crippen molar-refractivity contribution in [2.24, 2.45) is 0 Å². The smallest absolute Gasteiger partial charge is 0.248 e. The van der Waals surface area contributed by atoms with Gasteiger partial charge in [0.15, 0.2) is 11.6 Å². The van der Waals surface area contributed by atoms with Gasteiger partial charge in [-0.2, -0.15) is 0 Å². The molecule has 0 unspecified atom stereocenters. The Hall–Kier alpha value is -1.66. The topological polar surface area (TPSA) is 48.0 Å². The van der Waals surface area contributed by atoms with Crippen LogP contribution in [0.25, 0.3) is 0 Å². The molecule has 0 radical (unpaired) electrons. The normalized spacial score (nSPS) is 14.9. The van der Waals surface area contributed by atoms with Gasteiger partial charge in [0, 0.05) is 19.7 Å². The lowest BCUT2D eigenvalue weighted by molar-refractivity contribution is -0.150. The molecule has 0 atom stereocenters. The van der Waals surface area contributed by atoms with E-state index >= 15 is 0 Å². The lowest BCUT2D eigenvalue weighted by atomic mass is 10.1. The minimum absolute atomic E-state index is 0.000685. The number of methoxy groups -OCH3 is 1. The first kappa shape index (κ1) is 15.7. The highest BCUT2D eigenvalue weighted by Gasteiger charge is 2.31. The first-order chi connectivity index (χ1) is 10.1. The summed E-state index contributed by atoms with van der Waals surface area (Å²) in [6.45, 7) is 3.94. The minimum atomic E-state index is -0.402. The summed E-state index contributed by atoms with van der Waals surface area (Å²) in [5.74, 6) is -0.206. The summed E-state index contributed by atoms with van der Waals surface area (Å²) in [5.41, 5.74) is 0.743. The first-order valence-corrected chi connectivity index (χ1v) is 6.93. The second kappa shape index (κ2) is 7.38. The van der Waals surface area contributed by atoms with Crippen molar-refractivity contribution in [2.75, 3.05) is 33.4 Å². The van der Waals surface area contributed by atoms with Gasteiger partial charge < -0.3 is 19.1 Å². The number of likely N-dealkylation sites (tertiary alicyclic amines) is 1. The summed E-state index contributed by atoms with van der Waals surface area (Å²) in [4.78, 5) is 13.3. The molecule has 1 amide bonds. The molecule has 5 nitrogen and oxygen atoms in total. The summed E-state index contributed by atoms with van der Waals surface area (Å²) >= 11 is 0. The maximum Gasteiger partial charge on any atom is 0.248 e. The number of benzene rings is 1. The Balaban J connectivity index is 1.71. The van der Waals surface area contributed by atoms with Crippen LogP contribution in [0.5, 0.6) is 5.75 Å². The Morgan fingerprint density at radius 1 is 1.43 bits per heavy atom. The van der Waals surface area contributed by atoms with Crippen LogP contribution in [0.3, 0.4) is 0 Å². The van der Waals surface area contributed by atoms with Crippen molar-refractivity contribution in [3.8, 4) is 5.75 Å². The van der Waals surface area contributed by atoms with Crippen LogP contribution < -0.4 is 4.74 Å². The number of nitrogens with zero attached hydrogens (tertiary/aromatic N) is 1. The number of amides is 1. The predicted octanol–water partition coefficient (Wildman–Crippen LogP) is 1.60. The molecule has 0 aliphatic carbocycles. The zero-order valence-corrected chi connectivity index (χ0v) is 12.3. The van der Waals surface area contributed by atoms with Crippen molar-refractivity contribution >= 4 is 5.91 Å². The molecule has 0 N–H and O–H groups in total. The van der Waals surface area contributed by atoms with Crippen LogP contribution in [0.4, 0.5) is 4.39 Å². The number of carbonyl (C=O) groups is 1. The SMILES string of the molecule is CCOCC(=O)N1CC(OCc2ccc(OC)c(F)c2)C1. The third-order valence-corrected chi connectivity index (χ3v) is 3.33. The van der Waals surface area contributed by atoms with Gasteiger partial charge in [-0.05, 0) is 24.6 Å². The third-order valence-electron chi connectivity index (χ3n) is 3.33. The number of rotatable bonds is 7. The number of halogens is 1. The molecule has 1 aliphatic heterocycles. The molecule has 1 aliphatic rings. The molecule has 21 heavy (non-hydrogen) atoms. The number of hydrogen-bond donors (Lipinski definition) is 0. The van der Waals surface area contributed by atoms with E-state index in [2.05, 4.69) is 0 Å². The highest BCUT2D eigenvalue weighted by atomic mass is 19.1. The van der Waals surface area contributed by atoms with Gasteiger partial charge in [0.25, 0.3) is 0 Å². The highest BCUT2D eigenvalue weighted by molar-refractivity contribution is 5.78. The fraction of sp³-hybridized carbons (Fsp3) is 0.533. The minimum Gasteiger partial charge on any atom is -0.494 e. The van der Waals surface area contributed by atoms with E-state index in [1.807, 2.05) is 6.92 Å². The van der Waals surface area contributed by atoms with E-state index in [1.165, 1.54) is 13.2 Å². The van der Waals surface area contributed by atoms with Crippen molar-refractivity contribution in [3.63, 3.8) is 0 Å². The molecule has 2 rings (SSSR count). The van der Waals surface area contributed by atoms with Gasteiger partial charge >= 0.3 is 0 Å². The van der Waals surface area contributed by atoms with Crippen LogP contribution in [-0.2, 0) is 20.9 Å². The zero-order valence-electron chi connectivity index (χ0n) is 12.3. The predicted molar refractivity (Wildman–Crippen MR) is 74.6 cm³/mol. The zero-order chi connectivity index (χ0) is 15.2. The molecule has 1 aromatic rings. The average molecular weight is 297 g/mol. The number of carbonyl (C=O) groups excluding carboxylic acids is 1. The number of hydrogen-bond acceptors (Lipinski definition) is 4. The van der Waals surface area contributed by atoms with Gasteiger partial charge in [-0.25, -0.2) is 4.39 Å². The molecule has 0 saturated carbocycles. The quantitative estimate of drug-likeness (QED) is 0.767. The molecule has 116 valence electrons. The van der Waals surface area contributed by atoms with Crippen LogP contribution in [0.1, 0.15) is 12.5 Å².